The van der Waals surface area contributed by atoms with Gasteiger partial charge in [0.25, 0.3) is 5.91 Å². The van der Waals surface area contributed by atoms with Crippen molar-refractivity contribution in [1.29, 1.82) is 0 Å². The molecule has 1 amide bonds. The van der Waals surface area contributed by atoms with Crippen molar-refractivity contribution in [3.05, 3.63) is 133 Å². The van der Waals surface area contributed by atoms with Gasteiger partial charge in [-0.15, -0.1) is 0 Å². The van der Waals surface area contributed by atoms with Crippen molar-refractivity contribution in [3.8, 4) is 5.75 Å². The maximum Gasteiger partial charge on any atom is 0.252 e. The Morgan fingerprint density at radius 2 is 1.72 bits per heavy atom. The minimum Gasteiger partial charge on any atom is -0.494 e. The van der Waals surface area contributed by atoms with Gasteiger partial charge in [0.15, 0.2) is 11.6 Å². The van der Waals surface area contributed by atoms with Crippen LogP contribution in [0.4, 0.5) is 0 Å². The number of aliphatic imine (C=N–C) groups is 1. The molecule has 43 heavy (non-hydrogen) atoms. The molecule has 9 heteroatoms. The molecule has 0 aromatic heterocycles. The van der Waals surface area contributed by atoms with Crippen LogP contribution < -0.4 is 10.1 Å². The number of benzene rings is 4. The molecule has 0 aliphatic carbocycles. The van der Waals surface area contributed by atoms with Gasteiger partial charge in [-0.1, -0.05) is 92.0 Å². The van der Waals surface area contributed by atoms with Gasteiger partial charge in [0, 0.05) is 51.1 Å². The standard InChI is InChI=1S/C34H31Br2ClN2O4/c35-29-11-3-1-8-25(29)22-34(33(41)38-18-17-23-7-5-9-26(37)21-23)31(28-10-2-4-12-30(28)36)43-32(39-34)24-13-15-27(16-14-24)42-20-6-19-40/h1-5,7-16,21,31,40H,6,17-20,22H2,(H,38,41)/t31-,34-/m1/s1. The zero-order chi connectivity index (χ0) is 30.2. The van der Waals surface area contributed by atoms with Crippen molar-refractivity contribution in [1.82, 2.24) is 5.32 Å². The van der Waals surface area contributed by atoms with Crippen LogP contribution in [0.3, 0.4) is 0 Å². The predicted octanol–water partition coefficient (Wildman–Crippen LogP) is 7.48. The fourth-order valence-corrected chi connectivity index (χ4v) is 6.18. The number of halogens is 3. The first-order valence-corrected chi connectivity index (χ1v) is 16.0. The molecule has 0 unspecified atom stereocenters. The highest BCUT2D eigenvalue weighted by Crippen LogP contribution is 2.45. The molecule has 1 aliphatic rings. The quantitative estimate of drug-likeness (QED) is 0.149. The Kier molecular flexibility index (Phi) is 10.6. The minimum atomic E-state index is -1.31. The highest BCUT2D eigenvalue weighted by Gasteiger charge is 2.54. The van der Waals surface area contributed by atoms with Crippen LogP contribution in [0.25, 0.3) is 0 Å². The molecule has 0 saturated heterocycles. The van der Waals surface area contributed by atoms with Gasteiger partial charge in [-0.25, -0.2) is 4.99 Å². The van der Waals surface area contributed by atoms with Crippen molar-refractivity contribution in [3.63, 3.8) is 0 Å². The number of amides is 1. The molecule has 1 heterocycles. The van der Waals surface area contributed by atoms with Gasteiger partial charge in [-0.3, -0.25) is 4.79 Å². The minimum absolute atomic E-state index is 0.0694. The van der Waals surface area contributed by atoms with Crippen molar-refractivity contribution >= 4 is 55.3 Å². The maximum absolute atomic E-state index is 14.4. The molecule has 0 bridgehead atoms. The Bertz CT molecular complexity index is 1600. The normalized spacial score (nSPS) is 17.7. The van der Waals surface area contributed by atoms with Crippen LogP contribution >= 0.6 is 43.5 Å². The number of hydrogen-bond donors (Lipinski definition) is 2. The number of nitrogens with one attached hydrogen (secondary N) is 1. The Balaban J connectivity index is 1.53. The molecule has 0 radical (unpaired) electrons. The molecular weight excluding hydrogens is 696 g/mol. The van der Waals surface area contributed by atoms with Gasteiger partial charge in [0.1, 0.15) is 5.75 Å². The molecule has 222 valence electrons. The summed E-state index contributed by atoms with van der Waals surface area (Å²) in [6.07, 6.45) is 0.758. The molecular formula is C34H31Br2ClN2O4. The molecule has 4 aromatic rings. The average Bonchev–Trinajstić information content (AvgIpc) is 3.39. The molecule has 0 spiro atoms. The third-order valence-corrected chi connectivity index (χ3v) is 8.95. The lowest BCUT2D eigenvalue weighted by molar-refractivity contribution is -0.128. The number of ether oxygens (including phenoxy) is 2. The summed E-state index contributed by atoms with van der Waals surface area (Å²) in [6.45, 7) is 0.895. The molecule has 0 fully saturated rings. The zero-order valence-electron chi connectivity index (χ0n) is 23.3. The van der Waals surface area contributed by atoms with Crippen molar-refractivity contribution < 1.29 is 19.4 Å². The van der Waals surface area contributed by atoms with E-state index < -0.39 is 11.6 Å². The smallest absolute Gasteiger partial charge is 0.252 e. The number of carbonyl (C=O) groups is 1. The molecule has 4 aromatic carbocycles. The maximum atomic E-state index is 14.4. The number of aliphatic hydroxyl groups excluding tert-OH is 1. The third kappa shape index (κ3) is 7.50. The Hall–Kier alpha value is -3.17. The van der Waals surface area contributed by atoms with E-state index in [1.165, 1.54) is 0 Å². The van der Waals surface area contributed by atoms with Crippen molar-refractivity contribution in [2.24, 2.45) is 4.99 Å². The number of carbonyl (C=O) groups excluding carboxylic acids is 1. The van der Waals surface area contributed by atoms with Crippen LogP contribution in [-0.2, 0) is 22.4 Å². The van der Waals surface area contributed by atoms with Crippen molar-refractivity contribution in [2.75, 3.05) is 19.8 Å². The highest BCUT2D eigenvalue weighted by molar-refractivity contribution is 9.10. The fourth-order valence-electron chi connectivity index (χ4n) is 5.05. The summed E-state index contributed by atoms with van der Waals surface area (Å²) < 4.78 is 14.1. The topological polar surface area (TPSA) is 80.2 Å². The molecule has 2 atom stereocenters. The third-order valence-electron chi connectivity index (χ3n) is 7.22. The van der Waals surface area contributed by atoms with Crippen LogP contribution in [0, 0.1) is 0 Å². The second kappa shape index (κ2) is 14.5. The summed E-state index contributed by atoms with van der Waals surface area (Å²) in [6, 6.07) is 30.7. The molecule has 2 N–H and O–H groups in total. The molecule has 5 rings (SSSR count). The van der Waals surface area contributed by atoms with E-state index in [0.717, 1.165) is 31.2 Å². The first-order chi connectivity index (χ1) is 20.9. The second-order valence-electron chi connectivity index (χ2n) is 10.2. The first-order valence-electron chi connectivity index (χ1n) is 14.0. The van der Waals surface area contributed by atoms with Gasteiger partial charge in [0.2, 0.25) is 5.90 Å². The van der Waals surface area contributed by atoms with Crippen LogP contribution in [0.1, 0.15) is 34.8 Å². The molecule has 0 saturated carbocycles. The second-order valence-corrected chi connectivity index (χ2v) is 12.4. The van der Waals surface area contributed by atoms with E-state index in [9.17, 15) is 4.79 Å². The fraction of sp³-hybridized carbons (Fsp3) is 0.235. The summed E-state index contributed by atoms with van der Waals surface area (Å²) >= 11 is 13.6. The van der Waals surface area contributed by atoms with Gasteiger partial charge < -0.3 is 19.9 Å². The van der Waals surface area contributed by atoms with Crippen LogP contribution in [-0.4, -0.2) is 42.2 Å². The summed E-state index contributed by atoms with van der Waals surface area (Å²) in [5.74, 6) is 0.820. The molecule has 1 aliphatic heterocycles. The Labute approximate surface area is 273 Å². The van der Waals surface area contributed by atoms with Crippen LogP contribution in [0.5, 0.6) is 5.75 Å². The summed E-state index contributed by atoms with van der Waals surface area (Å²) in [5, 5.41) is 12.9. The van der Waals surface area contributed by atoms with E-state index in [4.69, 9.17) is 31.2 Å². The van der Waals surface area contributed by atoms with E-state index in [-0.39, 0.29) is 12.5 Å². The van der Waals surface area contributed by atoms with E-state index in [2.05, 4.69) is 37.2 Å². The number of hydrogen-bond acceptors (Lipinski definition) is 5. The van der Waals surface area contributed by atoms with Gasteiger partial charge >= 0.3 is 0 Å². The summed E-state index contributed by atoms with van der Waals surface area (Å²) in [5.41, 5.74) is 2.21. The number of nitrogens with zero attached hydrogens (tertiary/aromatic N) is 1. The predicted molar refractivity (Wildman–Crippen MR) is 177 cm³/mol. The number of aliphatic hydroxyl groups is 1. The zero-order valence-corrected chi connectivity index (χ0v) is 27.2. The Morgan fingerprint density at radius 1 is 0.977 bits per heavy atom. The molecule has 6 nitrogen and oxygen atoms in total. The van der Waals surface area contributed by atoms with Crippen LogP contribution in [0.15, 0.2) is 111 Å². The van der Waals surface area contributed by atoms with Gasteiger partial charge in [-0.05, 0) is 66.1 Å². The van der Waals surface area contributed by atoms with Gasteiger partial charge in [-0.2, -0.15) is 0 Å². The van der Waals surface area contributed by atoms with Crippen molar-refractivity contribution in [2.45, 2.75) is 30.9 Å². The van der Waals surface area contributed by atoms with E-state index in [1.807, 2.05) is 97.1 Å². The Morgan fingerprint density at radius 3 is 2.44 bits per heavy atom. The lowest BCUT2D eigenvalue weighted by atomic mass is 9.82. The first kappa shape index (κ1) is 31.3. The SMILES string of the molecule is O=C(NCCc1cccc(Cl)c1)[C@]1(Cc2ccccc2Br)N=C(c2ccc(OCCCO)cc2)O[C@@H]1c1ccccc1Br. The van der Waals surface area contributed by atoms with Gasteiger partial charge in [0.05, 0.1) is 6.61 Å². The number of rotatable bonds is 12. The highest BCUT2D eigenvalue weighted by atomic mass is 79.9. The van der Waals surface area contributed by atoms with E-state index in [0.29, 0.717) is 49.1 Å². The largest absolute Gasteiger partial charge is 0.494 e. The lowest BCUT2D eigenvalue weighted by Crippen LogP contribution is -2.50. The summed E-state index contributed by atoms with van der Waals surface area (Å²) in [7, 11) is 0. The summed E-state index contributed by atoms with van der Waals surface area (Å²) in [4.78, 5) is 19.5. The lowest BCUT2D eigenvalue weighted by Gasteiger charge is -2.31. The van der Waals surface area contributed by atoms with E-state index >= 15 is 0 Å². The average molecular weight is 727 g/mol. The monoisotopic (exact) mass is 724 g/mol. The van der Waals surface area contributed by atoms with E-state index in [1.54, 1.807) is 0 Å². The van der Waals surface area contributed by atoms with Crippen LogP contribution in [0.2, 0.25) is 5.02 Å².